The van der Waals surface area contributed by atoms with Crippen molar-refractivity contribution in [3.8, 4) is 0 Å². The van der Waals surface area contributed by atoms with Gasteiger partial charge in [0.25, 0.3) is 0 Å². The summed E-state index contributed by atoms with van der Waals surface area (Å²) in [6.07, 6.45) is -2.94. The standard InChI is InChI=1S/C8H3F5O3/c9-2-1(7(14)8(15)16)3(10)5(12)6(13)4(2)11/h7,14H,(H,15,16)/p-1/t7-/m0/s1. The Bertz CT molecular complexity index is 430. The van der Waals surface area contributed by atoms with Crippen molar-refractivity contribution < 1.29 is 37.0 Å². The smallest absolute Gasteiger partial charge is 0.200 e. The Morgan fingerprint density at radius 3 is 1.56 bits per heavy atom. The Balaban J connectivity index is 3.57. The fraction of sp³-hybridized carbons (Fsp3) is 0.125. The van der Waals surface area contributed by atoms with E-state index >= 15 is 0 Å². The third-order valence-corrected chi connectivity index (χ3v) is 1.74. The molecule has 0 spiro atoms. The maximum Gasteiger partial charge on any atom is 0.200 e. The van der Waals surface area contributed by atoms with Gasteiger partial charge in [-0.1, -0.05) is 0 Å². The van der Waals surface area contributed by atoms with E-state index in [1.807, 2.05) is 0 Å². The van der Waals surface area contributed by atoms with Crippen molar-refractivity contribution in [3.05, 3.63) is 34.6 Å². The van der Waals surface area contributed by atoms with Gasteiger partial charge in [0.2, 0.25) is 5.82 Å². The number of hydrogen-bond acceptors (Lipinski definition) is 3. The molecule has 1 atom stereocenters. The number of aliphatic hydroxyl groups excluding tert-OH is 1. The van der Waals surface area contributed by atoms with Crippen LogP contribution >= 0.6 is 0 Å². The van der Waals surface area contributed by atoms with Crippen molar-refractivity contribution in [2.24, 2.45) is 0 Å². The minimum atomic E-state index is -2.94. The van der Waals surface area contributed by atoms with Crippen molar-refractivity contribution in [1.82, 2.24) is 0 Å². The molecule has 0 fully saturated rings. The van der Waals surface area contributed by atoms with Crippen LogP contribution in [-0.2, 0) is 4.79 Å². The van der Waals surface area contributed by atoms with Crippen LogP contribution in [0.5, 0.6) is 0 Å². The van der Waals surface area contributed by atoms with E-state index in [1.165, 1.54) is 0 Å². The van der Waals surface area contributed by atoms with Crippen molar-refractivity contribution >= 4 is 5.97 Å². The highest BCUT2D eigenvalue weighted by Crippen LogP contribution is 2.27. The topological polar surface area (TPSA) is 60.4 Å². The molecule has 0 unspecified atom stereocenters. The second-order valence-electron chi connectivity index (χ2n) is 2.71. The van der Waals surface area contributed by atoms with Crippen LogP contribution in [0.1, 0.15) is 11.7 Å². The van der Waals surface area contributed by atoms with Crippen LogP contribution < -0.4 is 5.11 Å². The molecule has 1 aromatic carbocycles. The Morgan fingerprint density at radius 2 is 1.25 bits per heavy atom. The maximum absolute atomic E-state index is 12.8. The second kappa shape index (κ2) is 4.05. The zero-order valence-electron chi connectivity index (χ0n) is 7.23. The highest BCUT2D eigenvalue weighted by atomic mass is 19.2. The molecule has 0 aromatic heterocycles. The summed E-state index contributed by atoms with van der Waals surface area (Å²) in [5.74, 6) is -14.3. The second-order valence-corrected chi connectivity index (χ2v) is 2.71. The molecule has 0 bridgehead atoms. The molecule has 1 N–H and O–H groups in total. The SMILES string of the molecule is O=C([O-])[C@@H](O)c1c(F)c(F)c(F)c(F)c1F. The molecular weight excluding hydrogens is 239 g/mol. The minimum absolute atomic E-state index is 1.85. The lowest BCUT2D eigenvalue weighted by atomic mass is 10.1. The first-order chi connectivity index (χ1) is 7.29. The third-order valence-electron chi connectivity index (χ3n) is 1.74. The van der Waals surface area contributed by atoms with Crippen LogP contribution in [0.3, 0.4) is 0 Å². The highest BCUT2D eigenvalue weighted by Gasteiger charge is 2.29. The van der Waals surface area contributed by atoms with E-state index in [0.29, 0.717) is 0 Å². The van der Waals surface area contributed by atoms with Gasteiger partial charge in [-0.3, -0.25) is 0 Å². The van der Waals surface area contributed by atoms with E-state index in [9.17, 15) is 31.9 Å². The summed E-state index contributed by atoms with van der Waals surface area (Å²) in [4.78, 5) is 10.1. The third kappa shape index (κ3) is 1.71. The van der Waals surface area contributed by atoms with Gasteiger partial charge in [-0.2, -0.15) is 0 Å². The van der Waals surface area contributed by atoms with E-state index in [2.05, 4.69) is 0 Å². The molecule has 0 heterocycles. The van der Waals surface area contributed by atoms with Crippen molar-refractivity contribution in [2.75, 3.05) is 0 Å². The monoisotopic (exact) mass is 241 g/mol. The molecule has 0 radical (unpaired) electrons. The van der Waals surface area contributed by atoms with E-state index in [4.69, 9.17) is 5.11 Å². The molecule has 0 aliphatic rings. The molecule has 16 heavy (non-hydrogen) atoms. The number of carbonyl (C=O) groups is 1. The summed E-state index contributed by atoms with van der Waals surface area (Å²) in [5.41, 5.74) is -1.85. The number of halogens is 5. The van der Waals surface area contributed by atoms with Crippen LogP contribution in [0.4, 0.5) is 22.0 Å². The number of rotatable bonds is 2. The van der Waals surface area contributed by atoms with Gasteiger partial charge in [-0.25, -0.2) is 22.0 Å². The minimum Gasteiger partial charge on any atom is -0.547 e. The number of carbonyl (C=O) groups excluding carboxylic acids is 1. The van der Waals surface area contributed by atoms with E-state index in [1.54, 1.807) is 0 Å². The molecule has 1 rings (SSSR count). The molecule has 0 aliphatic carbocycles. The zero-order chi connectivity index (χ0) is 12.6. The Morgan fingerprint density at radius 1 is 0.938 bits per heavy atom. The molecule has 3 nitrogen and oxygen atoms in total. The number of carboxylic acids is 1. The van der Waals surface area contributed by atoms with Gasteiger partial charge in [0.15, 0.2) is 23.3 Å². The first kappa shape index (κ1) is 12.4. The predicted molar refractivity (Wildman–Crippen MR) is 36.2 cm³/mol. The molecule has 0 saturated heterocycles. The summed E-state index contributed by atoms with van der Waals surface area (Å²) in [7, 11) is 0. The van der Waals surface area contributed by atoms with Crippen molar-refractivity contribution in [1.29, 1.82) is 0 Å². The lowest BCUT2D eigenvalue weighted by Gasteiger charge is -2.14. The fourth-order valence-electron chi connectivity index (χ4n) is 0.980. The van der Waals surface area contributed by atoms with Gasteiger partial charge in [0.1, 0.15) is 6.10 Å². The molecule has 0 saturated carbocycles. The molecule has 8 heteroatoms. The average molecular weight is 241 g/mol. The van der Waals surface area contributed by atoms with Crippen LogP contribution in [0.25, 0.3) is 0 Å². The quantitative estimate of drug-likeness (QED) is 0.456. The van der Waals surface area contributed by atoms with Crippen molar-refractivity contribution in [3.63, 3.8) is 0 Å². The Hall–Kier alpha value is -1.70. The molecule has 88 valence electrons. The number of hydrogen-bond donors (Lipinski definition) is 1. The van der Waals surface area contributed by atoms with Gasteiger partial charge in [0, 0.05) is 0 Å². The largest absolute Gasteiger partial charge is 0.547 e. The molecule has 0 amide bonds. The maximum atomic E-state index is 12.8. The van der Waals surface area contributed by atoms with Gasteiger partial charge < -0.3 is 15.0 Å². The number of benzene rings is 1. The van der Waals surface area contributed by atoms with Gasteiger partial charge in [-0.15, -0.1) is 0 Å². The van der Waals surface area contributed by atoms with Crippen LogP contribution in [0.15, 0.2) is 0 Å². The summed E-state index contributed by atoms with van der Waals surface area (Å²) >= 11 is 0. The Labute approximate surface area is 84.7 Å². The van der Waals surface area contributed by atoms with Crippen LogP contribution in [0.2, 0.25) is 0 Å². The van der Waals surface area contributed by atoms with E-state index in [0.717, 1.165) is 0 Å². The Kier molecular flexibility index (Phi) is 3.13. The average Bonchev–Trinajstić information content (AvgIpc) is 2.23. The fourth-order valence-corrected chi connectivity index (χ4v) is 0.980. The van der Waals surface area contributed by atoms with Crippen LogP contribution in [0, 0.1) is 29.1 Å². The predicted octanol–water partition coefficient (Wildman–Crippen LogP) is 0.165. The van der Waals surface area contributed by atoms with Gasteiger partial charge >= 0.3 is 0 Å². The summed E-state index contributed by atoms with van der Waals surface area (Å²) in [5, 5.41) is 18.8. The normalized spacial score (nSPS) is 12.6. The van der Waals surface area contributed by atoms with Crippen LogP contribution in [-0.4, -0.2) is 11.1 Å². The zero-order valence-corrected chi connectivity index (χ0v) is 7.23. The lowest BCUT2D eigenvalue weighted by molar-refractivity contribution is -0.315. The lowest BCUT2D eigenvalue weighted by Crippen LogP contribution is -2.31. The number of carboxylic acid groups (broad SMARTS) is 1. The summed E-state index contributed by atoms with van der Waals surface area (Å²) in [6, 6.07) is 0. The number of aliphatic carboxylic acids is 1. The molecule has 0 aliphatic heterocycles. The molecular formula is C8H2F5O3-. The van der Waals surface area contributed by atoms with E-state index in [-0.39, 0.29) is 0 Å². The highest BCUT2D eigenvalue weighted by molar-refractivity contribution is 5.72. The van der Waals surface area contributed by atoms with Crippen molar-refractivity contribution in [2.45, 2.75) is 6.10 Å². The first-order valence-corrected chi connectivity index (χ1v) is 3.69. The van der Waals surface area contributed by atoms with E-state index < -0.39 is 46.7 Å². The summed E-state index contributed by atoms with van der Waals surface area (Å²) < 4.78 is 63.3. The summed E-state index contributed by atoms with van der Waals surface area (Å²) in [6.45, 7) is 0. The number of aliphatic hydroxyl groups is 1. The van der Waals surface area contributed by atoms with Gasteiger partial charge in [-0.05, 0) is 0 Å². The first-order valence-electron chi connectivity index (χ1n) is 3.69. The molecule has 1 aromatic rings. The van der Waals surface area contributed by atoms with Gasteiger partial charge in [0.05, 0.1) is 11.5 Å².